The van der Waals surface area contributed by atoms with Gasteiger partial charge < -0.3 is 14.7 Å². The van der Waals surface area contributed by atoms with Gasteiger partial charge in [0.15, 0.2) is 0 Å². The zero-order valence-corrected chi connectivity index (χ0v) is 17.1. The van der Waals surface area contributed by atoms with Crippen LogP contribution in [0.4, 0.5) is 0 Å². The predicted octanol–water partition coefficient (Wildman–Crippen LogP) is 4.27. The van der Waals surface area contributed by atoms with Crippen LogP contribution in [0.1, 0.15) is 48.9 Å². The van der Waals surface area contributed by atoms with Gasteiger partial charge in [-0.2, -0.15) is 0 Å². The summed E-state index contributed by atoms with van der Waals surface area (Å²) in [5.74, 6) is -1.00. The van der Waals surface area contributed by atoms with Crippen molar-refractivity contribution in [3.8, 4) is 0 Å². The second kappa shape index (κ2) is 9.05. The Balaban J connectivity index is 2.09. The zero-order valence-electron chi connectivity index (χ0n) is 17.1. The molecule has 0 saturated carbocycles. The number of Topliss-reactive ketones (excluding diaryl/α,β-unsaturated/α-hetero) is 1. The molecule has 2 aromatic carbocycles. The lowest BCUT2D eigenvalue weighted by atomic mass is 9.93. The lowest BCUT2D eigenvalue weighted by molar-refractivity contribution is -0.140. The summed E-state index contributed by atoms with van der Waals surface area (Å²) >= 11 is 0. The normalized spacial score (nSPS) is 18.6. The molecular formula is C24H27NO4. The number of nitrogens with zero attached hydrogens (tertiary/aromatic N) is 1. The van der Waals surface area contributed by atoms with Crippen LogP contribution in [0.3, 0.4) is 0 Å². The Labute approximate surface area is 171 Å². The number of amides is 1. The molecule has 1 amide bonds. The Morgan fingerprint density at radius 2 is 1.72 bits per heavy atom. The molecule has 0 aromatic heterocycles. The molecule has 29 heavy (non-hydrogen) atoms. The van der Waals surface area contributed by atoms with Crippen LogP contribution in [0.25, 0.3) is 5.76 Å². The smallest absolute Gasteiger partial charge is 0.295 e. The average molecular weight is 393 g/mol. The first-order chi connectivity index (χ1) is 14.0. The van der Waals surface area contributed by atoms with E-state index in [9.17, 15) is 14.7 Å². The molecular weight excluding hydrogens is 366 g/mol. The minimum atomic E-state index is -0.651. The van der Waals surface area contributed by atoms with Crippen LogP contribution in [0.5, 0.6) is 0 Å². The van der Waals surface area contributed by atoms with Crippen molar-refractivity contribution in [1.82, 2.24) is 4.90 Å². The number of methoxy groups -OCH3 is 1. The third-order valence-electron chi connectivity index (χ3n) is 5.25. The summed E-state index contributed by atoms with van der Waals surface area (Å²) in [7, 11) is 1.60. The van der Waals surface area contributed by atoms with Crippen LogP contribution in [-0.4, -0.2) is 42.0 Å². The highest BCUT2D eigenvalue weighted by atomic mass is 16.5. The first kappa shape index (κ1) is 20.8. The van der Waals surface area contributed by atoms with Gasteiger partial charge >= 0.3 is 0 Å². The lowest BCUT2D eigenvalue weighted by Gasteiger charge is -2.25. The largest absolute Gasteiger partial charge is 0.507 e. The number of aliphatic hydroxyl groups is 1. The van der Waals surface area contributed by atoms with E-state index in [0.717, 1.165) is 5.56 Å². The Morgan fingerprint density at radius 1 is 1.07 bits per heavy atom. The van der Waals surface area contributed by atoms with Crippen molar-refractivity contribution in [2.24, 2.45) is 0 Å². The Morgan fingerprint density at radius 3 is 2.31 bits per heavy atom. The molecule has 3 rings (SSSR count). The quantitative estimate of drug-likeness (QED) is 0.330. The van der Waals surface area contributed by atoms with Gasteiger partial charge in [-0.25, -0.2) is 0 Å². The molecule has 1 aliphatic rings. The maximum Gasteiger partial charge on any atom is 0.295 e. The van der Waals surface area contributed by atoms with Crippen LogP contribution < -0.4 is 0 Å². The van der Waals surface area contributed by atoms with E-state index >= 15 is 0 Å². The third kappa shape index (κ3) is 4.25. The highest BCUT2D eigenvalue weighted by molar-refractivity contribution is 6.46. The first-order valence-corrected chi connectivity index (χ1v) is 9.88. The number of hydrogen-bond donors (Lipinski definition) is 1. The molecule has 1 N–H and O–H groups in total. The van der Waals surface area contributed by atoms with Gasteiger partial charge in [0.1, 0.15) is 5.76 Å². The van der Waals surface area contributed by atoms with Crippen molar-refractivity contribution in [3.05, 3.63) is 76.9 Å². The highest BCUT2D eigenvalue weighted by Crippen LogP contribution is 2.39. The van der Waals surface area contributed by atoms with Gasteiger partial charge in [-0.05, 0) is 23.5 Å². The lowest BCUT2D eigenvalue weighted by Crippen LogP contribution is -2.31. The number of carbonyl (C=O) groups excluding carboxylic acids is 2. The molecule has 1 atom stereocenters. The number of carbonyl (C=O) groups is 2. The van der Waals surface area contributed by atoms with E-state index in [-0.39, 0.29) is 11.3 Å². The summed E-state index contributed by atoms with van der Waals surface area (Å²) in [6.07, 6.45) is 0.607. The van der Waals surface area contributed by atoms with Crippen molar-refractivity contribution >= 4 is 17.4 Å². The number of hydrogen-bond acceptors (Lipinski definition) is 4. The summed E-state index contributed by atoms with van der Waals surface area (Å²) in [4.78, 5) is 27.2. The van der Waals surface area contributed by atoms with Crippen LogP contribution in [0, 0.1) is 0 Å². The highest BCUT2D eigenvalue weighted by Gasteiger charge is 2.45. The minimum Gasteiger partial charge on any atom is -0.507 e. The molecule has 0 aliphatic carbocycles. The predicted molar refractivity (Wildman–Crippen MR) is 112 cm³/mol. The van der Waals surface area contributed by atoms with Gasteiger partial charge in [0.25, 0.3) is 11.7 Å². The number of benzene rings is 2. The molecule has 152 valence electrons. The van der Waals surface area contributed by atoms with Gasteiger partial charge in [-0.15, -0.1) is 0 Å². The van der Waals surface area contributed by atoms with E-state index in [2.05, 4.69) is 13.8 Å². The molecule has 1 heterocycles. The van der Waals surface area contributed by atoms with Gasteiger partial charge in [0.2, 0.25) is 0 Å². The monoisotopic (exact) mass is 393 g/mol. The summed E-state index contributed by atoms with van der Waals surface area (Å²) in [6, 6.07) is 16.2. The number of ketones is 1. The van der Waals surface area contributed by atoms with Crippen molar-refractivity contribution in [3.63, 3.8) is 0 Å². The molecule has 0 radical (unpaired) electrons. The van der Waals surface area contributed by atoms with Crippen molar-refractivity contribution < 1.29 is 19.4 Å². The number of ether oxygens (including phenoxy) is 1. The molecule has 2 aromatic rings. The van der Waals surface area contributed by atoms with Crippen molar-refractivity contribution in [1.29, 1.82) is 0 Å². The van der Waals surface area contributed by atoms with Gasteiger partial charge in [-0.1, -0.05) is 68.4 Å². The van der Waals surface area contributed by atoms with E-state index in [1.807, 2.05) is 30.3 Å². The zero-order chi connectivity index (χ0) is 21.0. The molecule has 1 aliphatic heterocycles. The van der Waals surface area contributed by atoms with Crippen LogP contribution in [-0.2, 0) is 14.3 Å². The Kier molecular flexibility index (Phi) is 6.49. The Hall–Kier alpha value is -2.92. The van der Waals surface area contributed by atoms with Gasteiger partial charge in [0.05, 0.1) is 11.6 Å². The van der Waals surface area contributed by atoms with E-state index < -0.39 is 17.7 Å². The molecule has 1 saturated heterocycles. The van der Waals surface area contributed by atoms with Crippen LogP contribution in [0.15, 0.2) is 60.2 Å². The SMILES string of the molecule is COCCCN1C(=O)C(=O)C(=C(O)c2ccccc2)C1c1ccc(C(C)C)cc1. The summed E-state index contributed by atoms with van der Waals surface area (Å²) in [5, 5.41) is 10.9. The molecule has 5 heteroatoms. The number of aliphatic hydroxyl groups excluding tert-OH is 1. The molecule has 0 spiro atoms. The fourth-order valence-electron chi connectivity index (χ4n) is 3.65. The Bertz CT molecular complexity index is 900. The third-order valence-corrected chi connectivity index (χ3v) is 5.25. The van der Waals surface area contributed by atoms with Crippen molar-refractivity contribution in [2.45, 2.75) is 32.2 Å². The summed E-state index contributed by atoms with van der Waals surface area (Å²) in [5.41, 5.74) is 2.64. The second-order valence-corrected chi connectivity index (χ2v) is 7.53. The van der Waals surface area contributed by atoms with E-state index in [1.54, 1.807) is 36.3 Å². The number of likely N-dealkylation sites (tertiary alicyclic amines) is 1. The van der Waals surface area contributed by atoms with Crippen molar-refractivity contribution in [2.75, 3.05) is 20.3 Å². The van der Waals surface area contributed by atoms with Gasteiger partial charge in [-0.3, -0.25) is 9.59 Å². The van der Waals surface area contributed by atoms with E-state index in [0.29, 0.717) is 31.1 Å². The fourth-order valence-corrected chi connectivity index (χ4v) is 3.65. The molecule has 5 nitrogen and oxygen atoms in total. The maximum atomic E-state index is 12.9. The summed E-state index contributed by atoms with van der Waals surface area (Å²) < 4.78 is 5.11. The standard InChI is InChI=1S/C24H27NO4/c1-16(2)17-10-12-18(13-11-17)21-20(22(26)19-8-5-4-6-9-19)23(27)24(28)25(21)14-7-15-29-3/h4-6,8-13,16,21,26H,7,14-15H2,1-3H3. The first-order valence-electron chi connectivity index (χ1n) is 9.88. The summed E-state index contributed by atoms with van der Waals surface area (Å²) in [6.45, 7) is 5.09. The van der Waals surface area contributed by atoms with Crippen LogP contribution >= 0.6 is 0 Å². The molecule has 1 unspecified atom stereocenters. The molecule has 1 fully saturated rings. The topological polar surface area (TPSA) is 66.8 Å². The molecule has 0 bridgehead atoms. The number of rotatable bonds is 7. The van der Waals surface area contributed by atoms with E-state index in [1.165, 1.54) is 5.56 Å². The maximum absolute atomic E-state index is 12.9. The average Bonchev–Trinajstić information content (AvgIpc) is 2.99. The fraction of sp³-hybridized carbons (Fsp3) is 0.333. The van der Waals surface area contributed by atoms with Gasteiger partial charge in [0, 0.05) is 25.8 Å². The minimum absolute atomic E-state index is 0.135. The van der Waals surface area contributed by atoms with Crippen LogP contribution in [0.2, 0.25) is 0 Å². The second-order valence-electron chi connectivity index (χ2n) is 7.53. The van der Waals surface area contributed by atoms with E-state index in [4.69, 9.17) is 4.74 Å².